The molecule has 1 aliphatic rings. The number of hydrogen-bond acceptors (Lipinski definition) is 6. The molecule has 186 valence electrons. The van der Waals surface area contributed by atoms with Crippen molar-refractivity contribution in [1.29, 1.82) is 0 Å². The molecule has 3 rings (SSSR count). The second kappa shape index (κ2) is 10.9. The van der Waals surface area contributed by atoms with Gasteiger partial charge in [0.2, 0.25) is 11.8 Å². The second-order valence-electron chi connectivity index (χ2n) is 8.97. The van der Waals surface area contributed by atoms with Gasteiger partial charge in [0.25, 0.3) is 5.91 Å². The average molecular weight is 483 g/mol. The number of carbonyl (C=O) groups is 4. The summed E-state index contributed by atoms with van der Waals surface area (Å²) in [6.07, 6.45) is 0.694. The average Bonchev–Trinajstić information content (AvgIpc) is 3.22. The lowest BCUT2D eigenvalue weighted by molar-refractivity contribution is -0.117. The van der Waals surface area contributed by atoms with Crippen molar-refractivity contribution in [2.45, 2.75) is 39.2 Å². The summed E-state index contributed by atoms with van der Waals surface area (Å²) in [5.74, 6) is -0.407. The van der Waals surface area contributed by atoms with Crippen LogP contribution in [0.25, 0.3) is 0 Å². The molecule has 0 aliphatic carbocycles. The number of anilines is 3. The predicted octanol–water partition coefficient (Wildman–Crippen LogP) is 3.54. The molecule has 1 heterocycles. The van der Waals surface area contributed by atoms with E-state index < -0.39 is 23.5 Å². The molecule has 0 radical (unpaired) electrons. The number of methoxy groups -OCH3 is 1. The Morgan fingerprint density at radius 1 is 1.03 bits per heavy atom. The summed E-state index contributed by atoms with van der Waals surface area (Å²) >= 11 is 0. The lowest BCUT2D eigenvalue weighted by atomic mass is 10.2. The van der Waals surface area contributed by atoms with Crippen molar-refractivity contribution in [2.75, 3.05) is 35.7 Å². The van der Waals surface area contributed by atoms with E-state index in [4.69, 9.17) is 9.47 Å². The fraction of sp³-hybridized carbons (Fsp3) is 0.360. The Kier molecular flexibility index (Phi) is 7.95. The number of rotatable bonds is 7. The van der Waals surface area contributed by atoms with Gasteiger partial charge in [-0.3, -0.25) is 19.7 Å². The lowest BCUT2D eigenvalue weighted by Crippen LogP contribution is -2.33. The zero-order chi connectivity index (χ0) is 25.6. The van der Waals surface area contributed by atoms with Gasteiger partial charge in [-0.15, -0.1) is 0 Å². The van der Waals surface area contributed by atoms with Gasteiger partial charge in [-0.2, -0.15) is 0 Å². The molecule has 0 unspecified atom stereocenters. The third-order valence-electron chi connectivity index (χ3n) is 5.04. The van der Waals surface area contributed by atoms with Crippen LogP contribution in [0.1, 0.15) is 44.0 Å². The molecule has 2 aromatic rings. The first-order chi connectivity index (χ1) is 16.6. The van der Waals surface area contributed by atoms with Gasteiger partial charge in [0.05, 0.1) is 19.3 Å². The van der Waals surface area contributed by atoms with E-state index in [1.807, 2.05) is 0 Å². The highest BCUT2D eigenvalue weighted by molar-refractivity contribution is 6.01. The highest BCUT2D eigenvalue weighted by Crippen LogP contribution is 2.28. The highest BCUT2D eigenvalue weighted by Gasteiger charge is 2.22. The molecule has 2 aromatic carbocycles. The van der Waals surface area contributed by atoms with Gasteiger partial charge >= 0.3 is 6.09 Å². The van der Waals surface area contributed by atoms with Crippen LogP contribution in [0.2, 0.25) is 0 Å². The van der Waals surface area contributed by atoms with Crippen LogP contribution in [0.4, 0.5) is 21.9 Å². The number of amides is 4. The summed E-state index contributed by atoms with van der Waals surface area (Å²) in [6.45, 7) is 5.66. The van der Waals surface area contributed by atoms with Crippen LogP contribution in [0.5, 0.6) is 5.75 Å². The van der Waals surface area contributed by atoms with Crippen molar-refractivity contribution >= 4 is 40.9 Å². The Morgan fingerprint density at radius 3 is 2.34 bits per heavy atom. The van der Waals surface area contributed by atoms with Gasteiger partial charge in [-0.05, 0) is 69.7 Å². The van der Waals surface area contributed by atoms with Crippen molar-refractivity contribution < 1.29 is 28.7 Å². The van der Waals surface area contributed by atoms with Crippen LogP contribution in [0.15, 0.2) is 42.5 Å². The molecule has 10 heteroatoms. The minimum atomic E-state index is -0.673. The Bertz CT molecular complexity index is 1110. The largest absolute Gasteiger partial charge is 0.495 e. The molecule has 1 saturated heterocycles. The second-order valence-corrected chi connectivity index (χ2v) is 8.97. The molecule has 0 saturated carbocycles. The normalized spacial score (nSPS) is 13.3. The number of hydrogen-bond donors (Lipinski definition) is 3. The van der Waals surface area contributed by atoms with Gasteiger partial charge in [0.15, 0.2) is 0 Å². The van der Waals surface area contributed by atoms with Crippen molar-refractivity contribution in [3.05, 3.63) is 48.0 Å². The summed E-state index contributed by atoms with van der Waals surface area (Å²) in [5, 5.41) is 7.83. The molecule has 1 aliphatic heterocycles. The van der Waals surface area contributed by atoms with E-state index in [0.717, 1.165) is 12.1 Å². The smallest absolute Gasteiger partial charge is 0.412 e. The molecule has 4 amide bonds. The molecule has 0 bridgehead atoms. The van der Waals surface area contributed by atoms with Crippen molar-refractivity contribution in [2.24, 2.45) is 0 Å². The lowest BCUT2D eigenvalue weighted by Gasteiger charge is -2.20. The Morgan fingerprint density at radius 2 is 1.74 bits per heavy atom. The highest BCUT2D eigenvalue weighted by atomic mass is 16.6. The van der Waals surface area contributed by atoms with E-state index in [9.17, 15) is 19.2 Å². The monoisotopic (exact) mass is 482 g/mol. The van der Waals surface area contributed by atoms with Crippen molar-refractivity contribution in [3.63, 3.8) is 0 Å². The first-order valence-corrected chi connectivity index (χ1v) is 11.2. The fourth-order valence-electron chi connectivity index (χ4n) is 3.48. The van der Waals surface area contributed by atoms with E-state index in [-0.39, 0.29) is 12.5 Å². The van der Waals surface area contributed by atoms with E-state index >= 15 is 0 Å². The molecule has 1 fully saturated rings. The molecular formula is C25H30N4O6. The fourth-order valence-corrected chi connectivity index (χ4v) is 3.48. The number of nitrogens with one attached hydrogen (secondary N) is 3. The van der Waals surface area contributed by atoms with Crippen LogP contribution in [0, 0.1) is 0 Å². The van der Waals surface area contributed by atoms with Crippen LogP contribution >= 0.6 is 0 Å². The zero-order valence-corrected chi connectivity index (χ0v) is 20.3. The topological polar surface area (TPSA) is 126 Å². The predicted molar refractivity (Wildman–Crippen MR) is 132 cm³/mol. The van der Waals surface area contributed by atoms with Gasteiger partial charge in [-0.25, -0.2) is 4.79 Å². The van der Waals surface area contributed by atoms with Crippen LogP contribution in [-0.2, 0) is 14.3 Å². The molecule has 35 heavy (non-hydrogen) atoms. The number of ether oxygens (including phenoxy) is 2. The standard InChI is InChI=1S/C25H30N4O6/c1-25(2,3)35-24(33)28-19-14-17(9-12-20(19)34-4)27-21(30)15-26-23(32)16-7-10-18(11-8-16)29-13-5-6-22(29)31/h7-12,14H,5-6,13,15H2,1-4H3,(H,26,32)(H,27,30)(H,28,33). The van der Waals surface area contributed by atoms with Crippen LogP contribution in [0.3, 0.4) is 0 Å². The maximum Gasteiger partial charge on any atom is 0.412 e. The van der Waals surface area contributed by atoms with E-state index in [1.54, 1.807) is 62.1 Å². The van der Waals surface area contributed by atoms with Crippen molar-refractivity contribution in [1.82, 2.24) is 5.32 Å². The molecule has 10 nitrogen and oxygen atoms in total. The number of benzene rings is 2. The summed E-state index contributed by atoms with van der Waals surface area (Å²) in [7, 11) is 1.46. The molecule has 0 aromatic heterocycles. The minimum Gasteiger partial charge on any atom is -0.495 e. The van der Waals surface area contributed by atoms with Gasteiger partial charge in [-0.1, -0.05) is 0 Å². The SMILES string of the molecule is COc1ccc(NC(=O)CNC(=O)c2ccc(N3CCCC3=O)cc2)cc1NC(=O)OC(C)(C)C. The Hall–Kier alpha value is -4.08. The van der Waals surface area contributed by atoms with Gasteiger partial charge in [0.1, 0.15) is 11.4 Å². The van der Waals surface area contributed by atoms with Crippen molar-refractivity contribution in [3.8, 4) is 5.75 Å². The minimum absolute atomic E-state index is 0.0712. The maximum absolute atomic E-state index is 12.4. The first kappa shape index (κ1) is 25.5. The Balaban J connectivity index is 1.55. The third kappa shape index (κ3) is 7.20. The molecule has 3 N–H and O–H groups in total. The third-order valence-corrected chi connectivity index (χ3v) is 5.04. The summed E-state index contributed by atoms with van der Waals surface area (Å²) in [6, 6.07) is 11.4. The van der Waals surface area contributed by atoms with E-state index in [0.29, 0.717) is 35.7 Å². The summed E-state index contributed by atoms with van der Waals surface area (Å²) < 4.78 is 10.5. The molecular weight excluding hydrogens is 452 g/mol. The number of carbonyl (C=O) groups excluding carboxylic acids is 4. The van der Waals surface area contributed by atoms with E-state index in [2.05, 4.69) is 16.0 Å². The summed E-state index contributed by atoms with van der Waals surface area (Å²) in [4.78, 5) is 50.5. The Labute approximate surface area is 204 Å². The summed E-state index contributed by atoms with van der Waals surface area (Å²) in [5.41, 5.74) is 1.17. The molecule has 0 spiro atoms. The number of nitrogens with zero attached hydrogens (tertiary/aromatic N) is 1. The quantitative estimate of drug-likeness (QED) is 0.554. The van der Waals surface area contributed by atoms with Crippen LogP contribution < -0.4 is 25.6 Å². The van der Waals surface area contributed by atoms with Crippen LogP contribution in [-0.4, -0.2) is 49.6 Å². The molecule has 0 atom stereocenters. The van der Waals surface area contributed by atoms with Gasteiger partial charge in [0, 0.05) is 29.9 Å². The van der Waals surface area contributed by atoms with Gasteiger partial charge < -0.3 is 25.0 Å². The zero-order valence-electron chi connectivity index (χ0n) is 20.3. The van der Waals surface area contributed by atoms with E-state index in [1.165, 1.54) is 13.2 Å². The first-order valence-electron chi connectivity index (χ1n) is 11.2. The maximum atomic E-state index is 12.4.